The lowest BCUT2D eigenvalue weighted by Crippen LogP contribution is -2.31. The monoisotopic (exact) mass is 757 g/mol. The van der Waals surface area contributed by atoms with Crippen LogP contribution in [0.15, 0.2) is 71.9 Å². The van der Waals surface area contributed by atoms with Crippen LogP contribution in [0, 0.1) is 11.3 Å². The van der Waals surface area contributed by atoms with E-state index in [0.29, 0.717) is 34.9 Å². The molecule has 0 radical (unpaired) electrons. The topological polar surface area (TPSA) is 115 Å². The molecule has 15 heteroatoms. The van der Waals surface area contributed by atoms with Gasteiger partial charge in [-0.15, -0.1) is 5.10 Å². The fourth-order valence-electron chi connectivity index (χ4n) is 6.35. The summed E-state index contributed by atoms with van der Waals surface area (Å²) in [6.45, 7) is 6.77. The van der Waals surface area contributed by atoms with Crippen molar-refractivity contribution in [2.24, 2.45) is 11.3 Å². The number of alkyl halides is 3. The summed E-state index contributed by atoms with van der Waals surface area (Å²) >= 11 is 7.48. The molecule has 1 amide bonds. The molecule has 1 saturated carbocycles. The minimum Gasteiger partial charge on any atom is -0.489 e. The van der Waals surface area contributed by atoms with Gasteiger partial charge < -0.3 is 20.1 Å². The highest BCUT2D eigenvalue weighted by molar-refractivity contribution is 7.97. The average molecular weight is 758 g/mol. The molecule has 1 atom stereocenters. The summed E-state index contributed by atoms with van der Waals surface area (Å²) in [6.07, 6.45) is 1.36. The predicted molar refractivity (Wildman–Crippen MR) is 195 cm³/mol. The second kappa shape index (κ2) is 16.3. The molecule has 3 aromatic heterocycles. The molecule has 3 N–H and O–H groups in total. The normalized spacial score (nSPS) is 17.5. The van der Waals surface area contributed by atoms with Crippen LogP contribution in [0.1, 0.15) is 74.7 Å². The van der Waals surface area contributed by atoms with Crippen LogP contribution in [-0.2, 0) is 6.61 Å². The minimum atomic E-state index is -4.17. The number of rotatable bonds is 17. The number of ether oxygens (including phenoxy) is 2. The molecule has 10 nitrogen and oxygen atoms in total. The third-order valence-electron chi connectivity index (χ3n) is 9.42. The Morgan fingerprint density at radius 3 is 2.60 bits per heavy atom. The molecule has 6 rings (SSSR count). The highest BCUT2D eigenvalue weighted by atomic mass is 35.5. The summed E-state index contributed by atoms with van der Waals surface area (Å²) in [5, 5.41) is 11.8. The number of nitrogens with one attached hydrogen (secondary N) is 3. The molecule has 1 aliphatic carbocycles. The van der Waals surface area contributed by atoms with Gasteiger partial charge in [0.15, 0.2) is 5.82 Å². The first-order valence-corrected chi connectivity index (χ1v) is 18.6. The Morgan fingerprint density at radius 1 is 1.08 bits per heavy atom. The van der Waals surface area contributed by atoms with E-state index in [1.807, 2.05) is 36.4 Å². The zero-order chi connectivity index (χ0) is 36.8. The largest absolute Gasteiger partial charge is 0.489 e. The lowest BCUT2D eigenvalue weighted by atomic mass is 9.94. The van der Waals surface area contributed by atoms with Crippen molar-refractivity contribution >= 4 is 35.3 Å². The van der Waals surface area contributed by atoms with Crippen molar-refractivity contribution in [1.29, 1.82) is 0 Å². The summed E-state index contributed by atoms with van der Waals surface area (Å²) in [4.78, 5) is 22.2. The molecule has 0 bridgehead atoms. The first-order valence-electron chi connectivity index (χ1n) is 17.5. The van der Waals surface area contributed by atoms with E-state index in [4.69, 9.17) is 26.1 Å². The number of amides is 1. The fraction of sp³-hybridized carbons (Fsp3) is 0.459. The number of benzene rings is 1. The van der Waals surface area contributed by atoms with Crippen molar-refractivity contribution in [3.63, 3.8) is 0 Å². The summed E-state index contributed by atoms with van der Waals surface area (Å²) in [5.74, 6) is 2.03. The fourth-order valence-corrected chi connectivity index (χ4v) is 7.21. The maximum Gasteiger partial charge on any atom is 0.394 e. The Kier molecular flexibility index (Phi) is 11.9. The summed E-state index contributed by atoms with van der Waals surface area (Å²) in [6, 6.07) is 18.2. The molecule has 0 spiro atoms. The molecular formula is C37H43ClF3N7O3S. The third-order valence-corrected chi connectivity index (χ3v) is 10.4. The molecule has 278 valence electrons. The van der Waals surface area contributed by atoms with Crippen molar-refractivity contribution in [3.05, 3.63) is 83.1 Å². The second-order valence-corrected chi connectivity index (χ2v) is 15.3. The molecular weight excluding hydrogens is 715 g/mol. The zero-order valence-corrected chi connectivity index (χ0v) is 30.7. The van der Waals surface area contributed by atoms with Gasteiger partial charge in [0, 0.05) is 48.4 Å². The lowest BCUT2D eigenvalue weighted by Gasteiger charge is -2.18. The zero-order valence-electron chi connectivity index (χ0n) is 29.1. The van der Waals surface area contributed by atoms with E-state index in [0.717, 1.165) is 49.9 Å². The Balaban J connectivity index is 1.03. The molecule has 1 aromatic carbocycles. The van der Waals surface area contributed by atoms with Gasteiger partial charge in [0.25, 0.3) is 5.91 Å². The van der Waals surface area contributed by atoms with Crippen LogP contribution >= 0.6 is 23.5 Å². The highest BCUT2D eigenvalue weighted by Crippen LogP contribution is 2.60. The number of aromatic nitrogens is 4. The van der Waals surface area contributed by atoms with E-state index < -0.39 is 17.5 Å². The number of carbonyl (C=O) groups is 1. The molecule has 2 aliphatic rings. The van der Waals surface area contributed by atoms with E-state index in [9.17, 15) is 18.0 Å². The van der Waals surface area contributed by atoms with Crippen LogP contribution in [-0.4, -0.2) is 57.1 Å². The molecule has 2 fully saturated rings. The maximum atomic E-state index is 13.2. The number of halogens is 4. The SMILES string of the molecule is CC1(C)CC(CCCNc2cc(OCc3ccccc3)cc(SNC(=O)c3ccc(-n4ccc(OCCCC5(C(F)(F)F)CC5)n4)nc3Cl)n2)CN1. The molecule has 4 heterocycles. The molecule has 1 aliphatic heterocycles. The van der Waals surface area contributed by atoms with Crippen LogP contribution in [0.3, 0.4) is 0 Å². The van der Waals surface area contributed by atoms with Gasteiger partial charge in [0.05, 0.1) is 17.6 Å². The van der Waals surface area contributed by atoms with Crippen LogP contribution in [0.4, 0.5) is 19.0 Å². The number of nitrogens with zero attached hydrogens (tertiary/aromatic N) is 4. The minimum absolute atomic E-state index is 0.0356. The van der Waals surface area contributed by atoms with E-state index >= 15 is 0 Å². The van der Waals surface area contributed by atoms with Gasteiger partial charge in [0.1, 0.15) is 28.4 Å². The third kappa shape index (κ3) is 10.1. The van der Waals surface area contributed by atoms with E-state index in [1.165, 1.54) is 10.7 Å². The molecule has 1 unspecified atom stereocenters. The van der Waals surface area contributed by atoms with Crippen LogP contribution in [0.5, 0.6) is 11.6 Å². The quantitative estimate of drug-likeness (QED) is 0.0555. The average Bonchev–Trinajstić information content (AvgIpc) is 3.64. The smallest absolute Gasteiger partial charge is 0.394 e. The van der Waals surface area contributed by atoms with Gasteiger partial charge in [-0.2, -0.15) is 13.2 Å². The summed E-state index contributed by atoms with van der Waals surface area (Å²) < 4.78 is 55.4. The van der Waals surface area contributed by atoms with Crippen molar-refractivity contribution in [2.45, 2.75) is 82.1 Å². The molecule has 52 heavy (non-hydrogen) atoms. The van der Waals surface area contributed by atoms with Crippen LogP contribution < -0.4 is 24.8 Å². The first-order chi connectivity index (χ1) is 24.9. The Labute approximate surface area is 310 Å². The maximum absolute atomic E-state index is 13.2. The van der Waals surface area contributed by atoms with Gasteiger partial charge in [-0.1, -0.05) is 41.9 Å². The summed E-state index contributed by atoms with van der Waals surface area (Å²) in [7, 11) is 0. The van der Waals surface area contributed by atoms with Gasteiger partial charge in [-0.25, -0.2) is 14.6 Å². The second-order valence-electron chi connectivity index (χ2n) is 14.1. The van der Waals surface area contributed by atoms with Gasteiger partial charge in [-0.05, 0) is 89.0 Å². The highest BCUT2D eigenvalue weighted by Gasteiger charge is 2.62. The number of hydrogen-bond donors (Lipinski definition) is 3. The Morgan fingerprint density at radius 2 is 1.88 bits per heavy atom. The summed E-state index contributed by atoms with van der Waals surface area (Å²) in [5.41, 5.74) is -0.180. The van der Waals surface area contributed by atoms with Gasteiger partial charge >= 0.3 is 6.18 Å². The van der Waals surface area contributed by atoms with Crippen molar-refractivity contribution in [3.8, 4) is 17.4 Å². The number of pyridine rings is 2. The number of hydrogen-bond acceptors (Lipinski definition) is 9. The lowest BCUT2D eigenvalue weighted by molar-refractivity contribution is -0.189. The Bertz CT molecular complexity index is 1820. The standard InChI is InChI=1S/C37H43ClF3N7O3S/c1-35(2)22-26(23-43-35)10-6-17-42-29-20-27(51-24-25-8-4-3-5-9-25)21-32(44-29)52-47-34(49)28-11-12-30(45-33(28)38)48-18-13-31(46-48)50-19-7-14-36(15-16-36)37(39,40)41/h3-5,8-9,11-13,18,20-21,26,43H,6-7,10,14-17,19,22-24H2,1-2H3,(H,42,44)(H,47,49). The van der Waals surface area contributed by atoms with Crippen LogP contribution in [0.2, 0.25) is 5.15 Å². The van der Waals surface area contributed by atoms with E-state index in [1.54, 1.807) is 24.4 Å². The van der Waals surface area contributed by atoms with Crippen LogP contribution in [0.25, 0.3) is 5.82 Å². The number of carbonyl (C=O) groups excluding carboxylic acids is 1. The first kappa shape index (κ1) is 37.7. The predicted octanol–water partition coefficient (Wildman–Crippen LogP) is 8.41. The number of anilines is 1. The molecule has 4 aromatic rings. The Hall–Kier alpha value is -4.01. The van der Waals surface area contributed by atoms with Gasteiger partial charge in [-0.3, -0.25) is 9.52 Å². The van der Waals surface area contributed by atoms with Crippen molar-refractivity contribution in [2.75, 3.05) is 25.0 Å². The van der Waals surface area contributed by atoms with Gasteiger partial charge in [0.2, 0.25) is 5.88 Å². The van der Waals surface area contributed by atoms with E-state index in [2.05, 4.69) is 39.3 Å². The molecule has 1 saturated heterocycles. The van der Waals surface area contributed by atoms with Crippen molar-refractivity contribution in [1.82, 2.24) is 29.8 Å². The van der Waals surface area contributed by atoms with E-state index in [-0.39, 0.29) is 54.4 Å². The van der Waals surface area contributed by atoms with Crippen molar-refractivity contribution < 1.29 is 27.4 Å².